The van der Waals surface area contributed by atoms with Gasteiger partial charge in [0.05, 0.1) is 16.6 Å². The first-order valence-corrected chi connectivity index (χ1v) is 7.34. The van der Waals surface area contributed by atoms with Crippen LogP contribution in [0.3, 0.4) is 0 Å². The highest BCUT2D eigenvalue weighted by Gasteiger charge is 2.07. The fourth-order valence-electron chi connectivity index (χ4n) is 1.82. The van der Waals surface area contributed by atoms with Gasteiger partial charge in [-0.3, -0.25) is 0 Å². The molecule has 2 aromatic carbocycles. The Bertz CT molecular complexity index is 646. The van der Waals surface area contributed by atoms with Gasteiger partial charge in [-0.2, -0.15) is 0 Å². The van der Waals surface area contributed by atoms with Gasteiger partial charge in [0.25, 0.3) is 0 Å². The number of hydrogen-bond donors (Lipinski definition) is 1. The third-order valence-corrected chi connectivity index (χ3v) is 3.50. The lowest BCUT2D eigenvalue weighted by Gasteiger charge is -2.09. The summed E-state index contributed by atoms with van der Waals surface area (Å²) in [5, 5.41) is 3.16. The van der Waals surface area contributed by atoms with Gasteiger partial charge < -0.3 is 10.1 Å². The molecular formula is C16H15BrFNO2. The van der Waals surface area contributed by atoms with Gasteiger partial charge in [0.1, 0.15) is 5.82 Å². The fraction of sp³-hybridized carbons (Fsp3) is 0.188. The third kappa shape index (κ3) is 4.29. The van der Waals surface area contributed by atoms with Gasteiger partial charge in [0.15, 0.2) is 0 Å². The average Bonchev–Trinajstić information content (AvgIpc) is 2.49. The maximum atomic E-state index is 13.4. The van der Waals surface area contributed by atoms with Crippen molar-refractivity contribution in [2.24, 2.45) is 0 Å². The van der Waals surface area contributed by atoms with Gasteiger partial charge in [-0.1, -0.05) is 12.1 Å². The van der Waals surface area contributed by atoms with E-state index in [1.807, 2.05) is 12.1 Å². The maximum absolute atomic E-state index is 13.4. The average molecular weight is 352 g/mol. The predicted octanol–water partition coefficient (Wildman–Crippen LogP) is 4.38. The first kappa shape index (κ1) is 15.5. The SMILES string of the molecule is CCOC(=O)c1cccc(NCc2ccc(Br)c(F)c2)c1. The molecule has 3 nitrogen and oxygen atoms in total. The van der Waals surface area contributed by atoms with Gasteiger partial charge in [-0.15, -0.1) is 0 Å². The predicted molar refractivity (Wildman–Crippen MR) is 83.8 cm³/mol. The first-order valence-electron chi connectivity index (χ1n) is 6.55. The Morgan fingerprint density at radius 1 is 1.29 bits per heavy atom. The molecule has 2 aromatic rings. The molecule has 0 amide bonds. The number of benzene rings is 2. The van der Waals surface area contributed by atoms with E-state index in [-0.39, 0.29) is 11.8 Å². The van der Waals surface area contributed by atoms with Crippen LogP contribution in [-0.4, -0.2) is 12.6 Å². The molecule has 0 heterocycles. The zero-order valence-corrected chi connectivity index (χ0v) is 13.1. The van der Waals surface area contributed by atoms with Crippen molar-refractivity contribution in [2.45, 2.75) is 13.5 Å². The minimum absolute atomic E-state index is 0.297. The number of anilines is 1. The lowest BCUT2D eigenvalue weighted by atomic mass is 10.2. The molecule has 2 rings (SSSR count). The zero-order valence-electron chi connectivity index (χ0n) is 11.5. The minimum atomic E-state index is -0.351. The maximum Gasteiger partial charge on any atom is 0.338 e. The van der Waals surface area contributed by atoms with E-state index in [0.29, 0.717) is 23.2 Å². The van der Waals surface area contributed by atoms with E-state index in [4.69, 9.17) is 4.74 Å². The second-order valence-corrected chi connectivity index (χ2v) is 5.26. The molecule has 1 N–H and O–H groups in total. The normalized spacial score (nSPS) is 10.2. The number of carbonyl (C=O) groups is 1. The summed E-state index contributed by atoms with van der Waals surface area (Å²) in [4.78, 5) is 11.6. The zero-order chi connectivity index (χ0) is 15.2. The van der Waals surface area contributed by atoms with Crippen LogP contribution in [0.2, 0.25) is 0 Å². The Hall–Kier alpha value is -1.88. The lowest BCUT2D eigenvalue weighted by molar-refractivity contribution is 0.0526. The molecule has 0 fully saturated rings. The second kappa shape index (κ2) is 7.22. The van der Waals surface area contributed by atoms with Crippen molar-refractivity contribution in [1.82, 2.24) is 0 Å². The molecule has 5 heteroatoms. The van der Waals surface area contributed by atoms with E-state index in [2.05, 4.69) is 21.2 Å². The number of halogens is 2. The molecular weight excluding hydrogens is 337 g/mol. The molecule has 0 aliphatic carbocycles. The van der Waals surface area contributed by atoms with Crippen LogP contribution in [0.5, 0.6) is 0 Å². The van der Waals surface area contributed by atoms with Crippen molar-refractivity contribution >= 4 is 27.6 Å². The van der Waals surface area contributed by atoms with Crippen molar-refractivity contribution < 1.29 is 13.9 Å². The quantitative estimate of drug-likeness (QED) is 0.812. The van der Waals surface area contributed by atoms with Gasteiger partial charge in [-0.25, -0.2) is 9.18 Å². The third-order valence-electron chi connectivity index (χ3n) is 2.85. The fourth-order valence-corrected chi connectivity index (χ4v) is 2.07. The summed E-state index contributed by atoms with van der Waals surface area (Å²) < 4.78 is 18.8. The molecule has 21 heavy (non-hydrogen) atoms. The van der Waals surface area contributed by atoms with Crippen LogP contribution in [0.4, 0.5) is 10.1 Å². The summed E-state index contributed by atoms with van der Waals surface area (Å²) >= 11 is 3.12. The molecule has 0 saturated heterocycles. The summed E-state index contributed by atoms with van der Waals surface area (Å²) in [5.41, 5.74) is 2.09. The topological polar surface area (TPSA) is 38.3 Å². The molecule has 0 atom stereocenters. The van der Waals surface area contributed by atoms with E-state index in [1.165, 1.54) is 6.07 Å². The van der Waals surface area contributed by atoms with Gasteiger partial charge in [0, 0.05) is 12.2 Å². The number of nitrogens with one attached hydrogen (secondary N) is 1. The van der Waals surface area contributed by atoms with E-state index >= 15 is 0 Å². The monoisotopic (exact) mass is 351 g/mol. The number of hydrogen-bond acceptors (Lipinski definition) is 3. The first-order chi connectivity index (χ1) is 10.1. The van der Waals surface area contributed by atoms with E-state index in [9.17, 15) is 9.18 Å². The van der Waals surface area contributed by atoms with Crippen LogP contribution in [0.15, 0.2) is 46.9 Å². The highest BCUT2D eigenvalue weighted by atomic mass is 79.9. The van der Waals surface area contributed by atoms with Crippen molar-refractivity contribution in [3.8, 4) is 0 Å². The van der Waals surface area contributed by atoms with Crippen LogP contribution in [0, 0.1) is 5.82 Å². The van der Waals surface area contributed by atoms with Gasteiger partial charge in [-0.05, 0) is 58.7 Å². The van der Waals surface area contributed by atoms with Crippen molar-refractivity contribution in [3.05, 3.63) is 63.9 Å². The molecule has 0 aliphatic rings. The Kier molecular flexibility index (Phi) is 5.33. The number of ether oxygens (including phenoxy) is 1. The molecule has 0 bridgehead atoms. The number of carbonyl (C=O) groups excluding carboxylic acids is 1. The standard InChI is InChI=1S/C16H15BrFNO2/c1-2-21-16(20)12-4-3-5-13(9-12)19-10-11-6-7-14(17)15(18)8-11/h3-9,19H,2,10H2,1H3. The largest absolute Gasteiger partial charge is 0.462 e. The summed E-state index contributed by atoms with van der Waals surface area (Å²) in [5.74, 6) is -0.648. The molecule has 0 aromatic heterocycles. The Balaban J connectivity index is 2.04. The summed E-state index contributed by atoms with van der Waals surface area (Å²) in [7, 11) is 0. The van der Waals surface area contributed by atoms with Gasteiger partial charge >= 0.3 is 5.97 Å². The lowest BCUT2D eigenvalue weighted by Crippen LogP contribution is -2.06. The van der Waals surface area contributed by atoms with Crippen LogP contribution < -0.4 is 5.32 Å². The molecule has 0 spiro atoms. The van der Waals surface area contributed by atoms with Crippen molar-refractivity contribution in [2.75, 3.05) is 11.9 Å². The number of esters is 1. The molecule has 0 radical (unpaired) electrons. The molecule has 0 saturated carbocycles. The van der Waals surface area contributed by atoms with E-state index in [0.717, 1.165) is 11.3 Å². The minimum Gasteiger partial charge on any atom is -0.462 e. The van der Waals surface area contributed by atoms with Crippen LogP contribution in [-0.2, 0) is 11.3 Å². The van der Waals surface area contributed by atoms with Crippen molar-refractivity contribution in [1.29, 1.82) is 0 Å². The van der Waals surface area contributed by atoms with Crippen LogP contribution >= 0.6 is 15.9 Å². The highest BCUT2D eigenvalue weighted by molar-refractivity contribution is 9.10. The van der Waals surface area contributed by atoms with E-state index < -0.39 is 0 Å². The van der Waals surface area contributed by atoms with Gasteiger partial charge in [0.2, 0.25) is 0 Å². The van der Waals surface area contributed by atoms with Crippen LogP contribution in [0.25, 0.3) is 0 Å². The second-order valence-electron chi connectivity index (χ2n) is 4.40. The molecule has 0 unspecified atom stereocenters. The summed E-state index contributed by atoms with van der Waals surface area (Å²) in [6.45, 7) is 2.58. The Labute approximate surface area is 131 Å². The Morgan fingerprint density at radius 2 is 2.10 bits per heavy atom. The van der Waals surface area contributed by atoms with Crippen molar-refractivity contribution in [3.63, 3.8) is 0 Å². The number of rotatable bonds is 5. The van der Waals surface area contributed by atoms with E-state index in [1.54, 1.807) is 31.2 Å². The molecule has 110 valence electrons. The highest BCUT2D eigenvalue weighted by Crippen LogP contribution is 2.18. The summed E-state index contributed by atoms with van der Waals surface area (Å²) in [6, 6.07) is 12.0. The smallest absolute Gasteiger partial charge is 0.338 e. The van der Waals surface area contributed by atoms with Crippen LogP contribution in [0.1, 0.15) is 22.8 Å². The summed E-state index contributed by atoms with van der Waals surface area (Å²) in [6.07, 6.45) is 0. The molecule has 0 aliphatic heterocycles. The Morgan fingerprint density at radius 3 is 2.81 bits per heavy atom.